The molecule has 4 nitrogen and oxygen atoms in total. The topological polar surface area (TPSA) is 47.7 Å². The van der Waals surface area contributed by atoms with Gasteiger partial charge in [0.1, 0.15) is 18.1 Å². The standard InChI is InChI=1S/C17H28N2O2/c1-3-20-15-7-9-16(10-8-15)21-12-11-19(2)17-6-4-5-14(17)13-18/h7-10,14,17H,3-6,11-13,18H2,1-2H3. The van der Waals surface area contributed by atoms with Gasteiger partial charge in [-0.25, -0.2) is 0 Å². The zero-order valence-electron chi connectivity index (χ0n) is 13.3. The molecule has 2 unspecified atom stereocenters. The van der Waals surface area contributed by atoms with Gasteiger partial charge < -0.3 is 15.2 Å². The molecule has 1 saturated carbocycles. The molecule has 0 amide bonds. The van der Waals surface area contributed by atoms with Crippen molar-refractivity contribution >= 4 is 0 Å². The molecule has 0 bridgehead atoms. The van der Waals surface area contributed by atoms with Gasteiger partial charge in [-0.1, -0.05) is 6.42 Å². The molecule has 118 valence electrons. The lowest BCUT2D eigenvalue weighted by molar-refractivity contribution is 0.165. The van der Waals surface area contributed by atoms with Gasteiger partial charge in [0.05, 0.1) is 6.61 Å². The molecule has 1 aromatic rings. The Labute approximate surface area is 128 Å². The normalized spacial score (nSPS) is 21.7. The molecule has 1 aromatic carbocycles. The first-order valence-corrected chi connectivity index (χ1v) is 8.00. The first kappa shape index (κ1) is 16.1. The van der Waals surface area contributed by atoms with Crippen LogP contribution in [0.4, 0.5) is 0 Å². The molecule has 2 atom stereocenters. The van der Waals surface area contributed by atoms with E-state index in [0.29, 0.717) is 25.2 Å². The molecule has 0 radical (unpaired) electrons. The minimum atomic E-state index is 0.624. The second-order valence-electron chi connectivity index (χ2n) is 5.73. The average Bonchev–Trinajstić information content (AvgIpc) is 2.98. The molecular formula is C17H28N2O2. The third-order valence-corrected chi connectivity index (χ3v) is 4.34. The third-order valence-electron chi connectivity index (χ3n) is 4.34. The fourth-order valence-electron chi connectivity index (χ4n) is 3.14. The van der Waals surface area contributed by atoms with Crippen LogP contribution in [-0.4, -0.2) is 44.3 Å². The molecule has 0 saturated heterocycles. The van der Waals surface area contributed by atoms with Gasteiger partial charge >= 0.3 is 0 Å². The summed E-state index contributed by atoms with van der Waals surface area (Å²) >= 11 is 0. The lowest BCUT2D eigenvalue weighted by Gasteiger charge is -2.28. The molecule has 21 heavy (non-hydrogen) atoms. The van der Waals surface area contributed by atoms with E-state index in [2.05, 4.69) is 11.9 Å². The highest BCUT2D eigenvalue weighted by atomic mass is 16.5. The first-order chi connectivity index (χ1) is 10.2. The van der Waals surface area contributed by atoms with Crippen molar-refractivity contribution in [3.8, 4) is 11.5 Å². The van der Waals surface area contributed by atoms with Crippen molar-refractivity contribution in [2.75, 3.05) is 33.4 Å². The van der Waals surface area contributed by atoms with E-state index in [1.54, 1.807) is 0 Å². The quantitative estimate of drug-likeness (QED) is 0.800. The molecule has 0 heterocycles. The van der Waals surface area contributed by atoms with E-state index in [9.17, 15) is 0 Å². The maximum absolute atomic E-state index is 5.85. The van der Waals surface area contributed by atoms with Crippen molar-refractivity contribution < 1.29 is 9.47 Å². The van der Waals surface area contributed by atoms with Gasteiger partial charge in [0.2, 0.25) is 0 Å². The summed E-state index contributed by atoms with van der Waals surface area (Å²) in [6, 6.07) is 8.44. The lowest BCUT2D eigenvalue weighted by atomic mass is 10.0. The predicted octanol–water partition coefficient (Wildman–Crippen LogP) is 2.52. The van der Waals surface area contributed by atoms with Crippen molar-refractivity contribution in [1.82, 2.24) is 4.90 Å². The Hall–Kier alpha value is -1.26. The van der Waals surface area contributed by atoms with Crippen LogP contribution in [0, 0.1) is 5.92 Å². The first-order valence-electron chi connectivity index (χ1n) is 8.00. The Morgan fingerprint density at radius 3 is 2.43 bits per heavy atom. The maximum atomic E-state index is 5.85. The molecule has 0 aliphatic heterocycles. The van der Waals surface area contributed by atoms with Gasteiger partial charge in [0, 0.05) is 12.6 Å². The fraction of sp³-hybridized carbons (Fsp3) is 0.647. The molecule has 2 N–H and O–H groups in total. The van der Waals surface area contributed by atoms with Crippen LogP contribution < -0.4 is 15.2 Å². The summed E-state index contributed by atoms with van der Waals surface area (Å²) < 4.78 is 11.2. The molecule has 4 heteroatoms. The average molecular weight is 292 g/mol. The lowest BCUT2D eigenvalue weighted by Crippen LogP contribution is -2.39. The highest BCUT2D eigenvalue weighted by molar-refractivity contribution is 5.31. The third kappa shape index (κ3) is 4.61. The molecule has 1 aliphatic carbocycles. The Morgan fingerprint density at radius 2 is 1.81 bits per heavy atom. The highest BCUT2D eigenvalue weighted by Gasteiger charge is 2.28. The number of hydrogen-bond acceptors (Lipinski definition) is 4. The second kappa shape index (κ2) is 8.25. The Kier molecular flexibility index (Phi) is 6.33. The smallest absolute Gasteiger partial charge is 0.119 e. The number of likely N-dealkylation sites (N-methyl/N-ethyl adjacent to an activating group) is 1. The SMILES string of the molecule is CCOc1ccc(OCCN(C)C2CCCC2CN)cc1. The summed E-state index contributed by atoms with van der Waals surface area (Å²) in [5.41, 5.74) is 5.85. The Balaban J connectivity index is 1.73. The van der Waals surface area contributed by atoms with Crippen molar-refractivity contribution in [1.29, 1.82) is 0 Å². The van der Waals surface area contributed by atoms with Crippen LogP contribution in [0.3, 0.4) is 0 Å². The van der Waals surface area contributed by atoms with Crippen LogP contribution in [0.1, 0.15) is 26.2 Å². The van der Waals surface area contributed by atoms with Crippen LogP contribution in [0.25, 0.3) is 0 Å². The number of benzene rings is 1. The van der Waals surface area contributed by atoms with Gasteiger partial charge in [-0.2, -0.15) is 0 Å². The van der Waals surface area contributed by atoms with E-state index in [1.807, 2.05) is 31.2 Å². The minimum Gasteiger partial charge on any atom is -0.494 e. The van der Waals surface area contributed by atoms with E-state index in [1.165, 1.54) is 19.3 Å². The van der Waals surface area contributed by atoms with Crippen molar-refractivity contribution in [2.45, 2.75) is 32.2 Å². The van der Waals surface area contributed by atoms with Gasteiger partial charge in [-0.05, 0) is 63.5 Å². The van der Waals surface area contributed by atoms with E-state index in [4.69, 9.17) is 15.2 Å². The summed E-state index contributed by atoms with van der Waals surface area (Å²) in [6.07, 6.45) is 3.84. The van der Waals surface area contributed by atoms with E-state index >= 15 is 0 Å². The van der Waals surface area contributed by atoms with E-state index < -0.39 is 0 Å². The minimum absolute atomic E-state index is 0.624. The summed E-state index contributed by atoms with van der Waals surface area (Å²) in [5, 5.41) is 0. The predicted molar refractivity (Wildman–Crippen MR) is 85.9 cm³/mol. The van der Waals surface area contributed by atoms with Gasteiger partial charge in [-0.3, -0.25) is 4.90 Å². The van der Waals surface area contributed by atoms with Crippen LogP contribution in [0.5, 0.6) is 11.5 Å². The van der Waals surface area contributed by atoms with Crippen molar-refractivity contribution in [3.63, 3.8) is 0 Å². The molecule has 0 aromatic heterocycles. The van der Waals surface area contributed by atoms with Crippen LogP contribution in [0.2, 0.25) is 0 Å². The number of hydrogen-bond donors (Lipinski definition) is 1. The zero-order chi connectivity index (χ0) is 15.1. The molecule has 2 rings (SSSR count). The van der Waals surface area contributed by atoms with E-state index in [-0.39, 0.29) is 0 Å². The zero-order valence-corrected chi connectivity index (χ0v) is 13.3. The number of nitrogens with two attached hydrogens (primary N) is 1. The highest BCUT2D eigenvalue weighted by Crippen LogP contribution is 2.28. The summed E-state index contributed by atoms with van der Waals surface area (Å²) in [7, 11) is 2.18. The van der Waals surface area contributed by atoms with Gasteiger partial charge in [-0.15, -0.1) is 0 Å². The molecule has 1 aliphatic rings. The molecule has 0 spiro atoms. The monoisotopic (exact) mass is 292 g/mol. The fourth-order valence-corrected chi connectivity index (χ4v) is 3.14. The maximum Gasteiger partial charge on any atom is 0.119 e. The Morgan fingerprint density at radius 1 is 1.14 bits per heavy atom. The van der Waals surface area contributed by atoms with Crippen molar-refractivity contribution in [2.24, 2.45) is 11.7 Å². The number of ether oxygens (including phenoxy) is 2. The number of rotatable bonds is 8. The van der Waals surface area contributed by atoms with Crippen LogP contribution in [0.15, 0.2) is 24.3 Å². The molecule has 1 fully saturated rings. The van der Waals surface area contributed by atoms with Crippen molar-refractivity contribution in [3.05, 3.63) is 24.3 Å². The Bertz CT molecular complexity index is 408. The largest absolute Gasteiger partial charge is 0.494 e. The molecular weight excluding hydrogens is 264 g/mol. The second-order valence-corrected chi connectivity index (χ2v) is 5.73. The van der Waals surface area contributed by atoms with Crippen LogP contribution >= 0.6 is 0 Å². The summed E-state index contributed by atoms with van der Waals surface area (Å²) in [4.78, 5) is 2.40. The van der Waals surface area contributed by atoms with E-state index in [0.717, 1.165) is 24.6 Å². The number of nitrogens with zero attached hydrogens (tertiary/aromatic N) is 1. The van der Waals surface area contributed by atoms with Gasteiger partial charge in [0.25, 0.3) is 0 Å². The summed E-state index contributed by atoms with van der Waals surface area (Å²) in [6.45, 7) is 5.12. The van der Waals surface area contributed by atoms with Crippen LogP contribution in [-0.2, 0) is 0 Å². The van der Waals surface area contributed by atoms with Gasteiger partial charge in [0.15, 0.2) is 0 Å². The summed E-state index contributed by atoms with van der Waals surface area (Å²) in [5.74, 6) is 2.44.